The molecule has 0 saturated heterocycles. The number of hydrogen-bond donors (Lipinski definition) is 1. The van der Waals surface area contributed by atoms with E-state index in [0.717, 1.165) is 15.6 Å². The second kappa shape index (κ2) is 9.58. The molecule has 2 N–H and O–H groups in total. The standard InChI is InChI=1S/C23H20BrN3O3S2/c24-18-9-5-17(6-10-18)15-31-23-26-21-4-2-1-3-20(21)22(28)27(23)14-13-16-7-11-19(12-8-16)32(25,29)30/h1-12H,13-15H2,(H2,25,29,30). The molecule has 0 aliphatic carbocycles. The first-order valence-electron chi connectivity index (χ1n) is 9.80. The normalized spacial score (nSPS) is 11.7. The lowest BCUT2D eigenvalue weighted by molar-refractivity contribution is 0.594. The van der Waals surface area contributed by atoms with Gasteiger partial charge in [0, 0.05) is 16.8 Å². The van der Waals surface area contributed by atoms with Crippen LogP contribution in [0, 0.1) is 0 Å². The maximum absolute atomic E-state index is 13.2. The number of hydrogen-bond acceptors (Lipinski definition) is 5. The first-order valence-corrected chi connectivity index (χ1v) is 13.1. The Morgan fingerprint density at radius 3 is 2.28 bits per heavy atom. The van der Waals surface area contributed by atoms with Crippen molar-refractivity contribution in [2.24, 2.45) is 5.14 Å². The van der Waals surface area contributed by atoms with Crippen LogP contribution in [0.15, 0.2) is 92.1 Å². The maximum atomic E-state index is 13.2. The molecule has 4 rings (SSSR count). The molecule has 0 saturated carbocycles. The quantitative estimate of drug-likeness (QED) is 0.283. The Labute approximate surface area is 198 Å². The van der Waals surface area contributed by atoms with E-state index in [4.69, 9.17) is 10.1 Å². The number of benzene rings is 3. The Kier molecular flexibility index (Phi) is 6.80. The summed E-state index contributed by atoms with van der Waals surface area (Å²) in [7, 11) is -3.73. The summed E-state index contributed by atoms with van der Waals surface area (Å²) in [6, 6.07) is 21.8. The van der Waals surface area contributed by atoms with Crippen molar-refractivity contribution in [3.05, 3.63) is 98.7 Å². The number of rotatable bonds is 7. The minimum Gasteiger partial charge on any atom is -0.287 e. The number of nitrogens with two attached hydrogens (primary N) is 1. The number of sulfonamides is 1. The highest BCUT2D eigenvalue weighted by molar-refractivity contribution is 9.10. The van der Waals surface area contributed by atoms with Crippen LogP contribution in [-0.2, 0) is 28.7 Å². The number of aryl methyl sites for hydroxylation is 1. The zero-order chi connectivity index (χ0) is 22.7. The van der Waals surface area contributed by atoms with Crippen LogP contribution in [0.3, 0.4) is 0 Å². The first-order chi connectivity index (χ1) is 15.3. The number of fused-ring (bicyclic) bond motifs is 1. The Hall–Kier alpha value is -2.46. The van der Waals surface area contributed by atoms with Crippen LogP contribution in [0.4, 0.5) is 0 Å². The van der Waals surface area contributed by atoms with Crippen LogP contribution in [0.5, 0.6) is 0 Å². The zero-order valence-electron chi connectivity index (χ0n) is 16.9. The number of primary sulfonamides is 1. The molecule has 0 aliphatic rings. The molecule has 6 nitrogen and oxygen atoms in total. The zero-order valence-corrected chi connectivity index (χ0v) is 20.2. The van der Waals surface area contributed by atoms with Crippen LogP contribution in [-0.4, -0.2) is 18.0 Å². The highest BCUT2D eigenvalue weighted by Gasteiger charge is 2.13. The van der Waals surface area contributed by atoms with Gasteiger partial charge < -0.3 is 0 Å². The predicted octanol–water partition coefficient (Wildman–Crippen LogP) is 4.34. The van der Waals surface area contributed by atoms with E-state index >= 15 is 0 Å². The molecule has 0 bridgehead atoms. The molecule has 0 fully saturated rings. The van der Waals surface area contributed by atoms with Gasteiger partial charge in [-0.25, -0.2) is 18.5 Å². The molecule has 1 aromatic heterocycles. The van der Waals surface area contributed by atoms with Crippen LogP contribution >= 0.6 is 27.7 Å². The molecule has 0 unspecified atom stereocenters. The molecular weight excluding hydrogens is 510 g/mol. The SMILES string of the molecule is NS(=O)(=O)c1ccc(CCn2c(SCc3ccc(Br)cc3)nc3ccccc3c2=O)cc1. The third-order valence-electron chi connectivity index (χ3n) is 4.98. The van der Waals surface area contributed by atoms with Gasteiger partial charge in [-0.3, -0.25) is 9.36 Å². The van der Waals surface area contributed by atoms with Crippen molar-refractivity contribution in [3.63, 3.8) is 0 Å². The third kappa shape index (κ3) is 5.29. The van der Waals surface area contributed by atoms with Crippen LogP contribution < -0.4 is 10.7 Å². The maximum Gasteiger partial charge on any atom is 0.262 e. The van der Waals surface area contributed by atoms with Crippen molar-refractivity contribution in [3.8, 4) is 0 Å². The van der Waals surface area contributed by atoms with Crippen molar-refractivity contribution in [2.75, 3.05) is 0 Å². The van der Waals surface area contributed by atoms with E-state index in [9.17, 15) is 13.2 Å². The lowest BCUT2D eigenvalue weighted by atomic mass is 10.1. The predicted molar refractivity (Wildman–Crippen MR) is 131 cm³/mol. The van der Waals surface area contributed by atoms with Crippen molar-refractivity contribution >= 4 is 48.6 Å². The molecule has 9 heteroatoms. The second-order valence-electron chi connectivity index (χ2n) is 7.22. The Bertz CT molecular complexity index is 1420. The molecule has 0 spiro atoms. The van der Waals surface area contributed by atoms with Crippen LogP contribution in [0.25, 0.3) is 10.9 Å². The highest BCUT2D eigenvalue weighted by atomic mass is 79.9. The van der Waals surface area contributed by atoms with Crippen molar-refractivity contribution in [2.45, 2.75) is 28.8 Å². The highest BCUT2D eigenvalue weighted by Crippen LogP contribution is 2.23. The summed E-state index contributed by atoms with van der Waals surface area (Å²) in [6.07, 6.45) is 0.552. The smallest absolute Gasteiger partial charge is 0.262 e. The molecule has 4 aromatic rings. The molecule has 1 heterocycles. The van der Waals surface area contributed by atoms with E-state index in [0.29, 0.717) is 34.8 Å². The topological polar surface area (TPSA) is 95.1 Å². The fourth-order valence-electron chi connectivity index (χ4n) is 3.27. The summed E-state index contributed by atoms with van der Waals surface area (Å²) in [5.41, 5.74) is 2.62. The number of para-hydroxylation sites is 1. The molecular formula is C23H20BrN3O3S2. The second-order valence-corrected chi connectivity index (χ2v) is 10.6. The average Bonchev–Trinajstić information content (AvgIpc) is 2.78. The van der Waals surface area contributed by atoms with Crippen molar-refractivity contribution < 1.29 is 8.42 Å². The van der Waals surface area contributed by atoms with E-state index in [1.165, 1.54) is 23.9 Å². The molecule has 3 aromatic carbocycles. The largest absolute Gasteiger partial charge is 0.287 e. The van der Waals surface area contributed by atoms with Crippen LogP contribution in [0.2, 0.25) is 0 Å². The number of aromatic nitrogens is 2. The minimum absolute atomic E-state index is 0.0662. The third-order valence-corrected chi connectivity index (χ3v) is 7.49. The van der Waals surface area contributed by atoms with E-state index in [1.807, 2.05) is 42.5 Å². The summed E-state index contributed by atoms with van der Waals surface area (Å²) >= 11 is 4.96. The molecule has 0 amide bonds. The molecule has 0 aliphatic heterocycles. The summed E-state index contributed by atoms with van der Waals surface area (Å²) in [4.78, 5) is 18.0. The fraction of sp³-hybridized carbons (Fsp3) is 0.130. The Balaban J connectivity index is 1.62. The minimum atomic E-state index is -3.73. The summed E-state index contributed by atoms with van der Waals surface area (Å²) in [6.45, 7) is 0.425. The lowest BCUT2D eigenvalue weighted by Gasteiger charge is -2.13. The molecule has 0 atom stereocenters. The van der Waals surface area contributed by atoms with Gasteiger partial charge in [0.2, 0.25) is 10.0 Å². The van der Waals surface area contributed by atoms with E-state index in [1.54, 1.807) is 22.8 Å². The molecule has 32 heavy (non-hydrogen) atoms. The van der Waals surface area contributed by atoms with Gasteiger partial charge >= 0.3 is 0 Å². The summed E-state index contributed by atoms with van der Waals surface area (Å²) in [5, 5.41) is 6.39. The average molecular weight is 530 g/mol. The Morgan fingerprint density at radius 2 is 1.59 bits per heavy atom. The number of thioether (sulfide) groups is 1. The Morgan fingerprint density at radius 1 is 0.938 bits per heavy atom. The summed E-state index contributed by atoms with van der Waals surface area (Å²) < 4.78 is 25.6. The van der Waals surface area contributed by atoms with Gasteiger partial charge in [0.1, 0.15) is 0 Å². The van der Waals surface area contributed by atoms with Gasteiger partial charge in [-0.2, -0.15) is 0 Å². The number of nitrogens with zero attached hydrogens (tertiary/aromatic N) is 2. The van der Waals surface area contributed by atoms with Gasteiger partial charge in [0.25, 0.3) is 5.56 Å². The molecule has 164 valence electrons. The summed E-state index contributed by atoms with van der Waals surface area (Å²) in [5.74, 6) is 0.682. The van der Waals surface area contributed by atoms with Gasteiger partial charge in [-0.05, 0) is 53.9 Å². The van der Waals surface area contributed by atoms with E-state index in [2.05, 4.69) is 15.9 Å². The van der Waals surface area contributed by atoms with Gasteiger partial charge in [0.15, 0.2) is 5.16 Å². The first kappa shape index (κ1) is 22.7. The van der Waals surface area contributed by atoms with E-state index in [-0.39, 0.29) is 10.5 Å². The lowest BCUT2D eigenvalue weighted by Crippen LogP contribution is -2.24. The van der Waals surface area contributed by atoms with Gasteiger partial charge in [-0.1, -0.05) is 64.1 Å². The number of halogens is 1. The van der Waals surface area contributed by atoms with Crippen molar-refractivity contribution in [1.82, 2.24) is 9.55 Å². The van der Waals surface area contributed by atoms with Gasteiger partial charge in [-0.15, -0.1) is 0 Å². The molecule has 0 radical (unpaired) electrons. The monoisotopic (exact) mass is 529 g/mol. The fourth-order valence-corrected chi connectivity index (χ4v) is 5.03. The van der Waals surface area contributed by atoms with Gasteiger partial charge in [0.05, 0.1) is 15.8 Å². The van der Waals surface area contributed by atoms with Crippen LogP contribution in [0.1, 0.15) is 11.1 Å². The van der Waals surface area contributed by atoms with E-state index < -0.39 is 10.0 Å². The van der Waals surface area contributed by atoms with Crippen molar-refractivity contribution in [1.29, 1.82) is 0 Å².